The summed E-state index contributed by atoms with van der Waals surface area (Å²) >= 11 is 6.82. The zero-order valence-corrected chi connectivity index (χ0v) is 21.8. The molecule has 0 saturated carbocycles. The minimum absolute atomic E-state index is 0.0978. The van der Waals surface area contributed by atoms with Crippen LogP contribution in [0.5, 0.6) is 0 Å². The lowest BCUT2D eigenvalue weighted by atomic mass is 9.99. The van der Waals surface area contributed by atoms with Gasteiger partial charge in [-0.05, 0) is 43.4 Å². The number of rotatable bonds is 9. The van der Waals surface area contributed by atoms with E-state index in [9.17, 15) is 9.59 Å². The summed E-state index contributed by atoms with van der Waals surface area (Å²) in [5, 5.41) is 0. The molecule has 0 unspecified atom stereocenters. The normalized spacial score (nSPS) is 18.6. The van der Waals surface area contributed by atoms with Gasteiger partial charge in [0.15, 0.2) is 0 Å². The molecule has 8 heteroatoms. The van der Waals surface area contributed by atoms with E-state index < -0.39 is 0 Å². The Morgan fingerprint density at radius 3 is 2.62 bits per heavy atom. The Bertz CT molecular complexity index is 1140. The summed E-state index contributed by atoms with van der Waals surface area (Å²) in [4.78, 5) is 35.9. The van der Waals surface area contributed by atoms with Crippen LogP contribution in [0.2, 0.25) is 0 Å². The van der Waals surface area contributed by atoms with Crippen LogP contribution in [0, 0.1) is 5.92 Å². The fourth-order valence-corrected chi connectivity index (χ4v) is 5.84. The minimum atomic E-state index is -0.152. The van der Waals surface area contributed by atoms with E-state index in [2.05, 4.69) is 18.7 Å². The first-order valence-electron chi connectivity index (χ1n) is 12.5. The zero-order valence-electron chi connectivity index (χ0n) is 20.2. The number of piperidine rings is 1. The average Bonchev–Trinajstić information content (AvgIpc) is 3.10. The molecule has 2 saturated heterocycles. The fraction of sp³-hybridized carbons (Fsp3) is 0.538. The molecule has 0 spiro atoms. The Hall–Kier alpha value is -2.19. The number of carbonyl (C=O) groups excluding carboxylic acids is 1. The largest absolute Gasteiger partial charge is 0.356 e. The third kappa shape index (κ3) is 5.54. The Labute approximate surface area is 211 Å². The van der Waals surface area contributed by atoms with Crippen LogP contribution in [-0.4, -0.2) is 44.1 Å². The highest BCUT2D eigenvalue weighted by Crippen LogP contribution is 2.34. The van der Waals surface area contributed by atoms with E-state index in [1.165, 1.54) is 37.4 Å². The molecule has 4 heterocycles. The molecule has 2 fully saturated rings. The van der Waals surface area contributed by atoms with E-state index >= 15 is 0 Å². The standard InChI is InChI=1S/C26H34N4O2S2/c1-3-4-5-6-7-9-15-30-25(32)21(34-26(30)33)18-20-23(28-16-12-19(2)13-17-28)27-22-11-8-10-14-29(22)24(20)31/h8,10-11,14,18-19H,3-7,9,12-13,15-17H2,1-2H3/b21-18+. The molecule has 0 radical (unpaired) electrons. The van der Waals surface area contributed by atoms with Crippen molar-refractivity contribution in [3.8, 4) is 0 Å². The monoisotopic (exact) mass is 498 g/mol. The Balaban J connectivity index is 1.60. The maximum atomic E-state index is 13.5. The lowest BCUT2D eigenvalue weighted by molar-refractivity contribution is -0.122. The zero-order chi connectivity index (χ0) is 24.1. The van der Waals surface area contributed by atoms with E-state index in [1.807, 2.05) is 18.2 Å². The van der Waals surface area contributed by atoms with E-state index in [4.69, 9.17) is 17.2 Å². The number of thiocarbonyl (C=S) groups is 1. The molecule has 2 aromatic rings. The van der Waals surface area contributed by atoms with Gasteiger partial charge in [-0.1, -0.05) is 76.0 Å². The van der Waals surface area contributed by atoms with Crippen LogP contribution < -0.4 is 10.5 Å². The number of aromatic nitrogens is 2. The van der Waals surface area contributed by atoms with Crippen LogP contribution >= 0.6 is 24.0 Å². The minimum Gasteiger partial charge on any atom is -0.356 e. The third-order valence-corrected chi connectivity index (χ3v) is 8.09. The van der Waals surface area contributed by atoms with Gasteiger partial charge in [-0.15, -0.1) is 0 Å². The lowest BCUT2D eigenvalue weighted by Crippen LogP contribution is -2.36. The molecule has 0 atom stereocenters. The SMILES string of the molecule is CCCCCCCCN1C(=O)/C(=C\c2c(N3CCC(C)CC3)nc3ccccn3c2=O)SC1=S. The van der Waals surface area contributed by atoms with E-state index in [0.717, 1.165) is 38.8 Å². The van der Waals surface area contributed by atoms with Gasteiger partial charge in [-0.25, -0.2) is 4.98 Å². The Morgan fingerprint density at radius 2 is 1.85 bits per heavy atom. The average molecular weight is 499 g/mol. The summed E-state index contributed by atoms with van der Waals surface area (Å²) in [6, 6.07) is 5.56. The highest BCUT2D eigenvalue weighted by molar-refractivity contribution is 8.26. The van der Waals surface area contributed by atoms with Crippen molar-refractivity contribution in [1.29, 1.82) is 0 Å². The van der Waals surface area contributed by atoms with Crippen LogP contribution in [0.4, 0.5) is 5.82 Å². The van der Waals surface area contributed by atoms with E-state index in [1.54, 1.807) is 21.6 Å². The molecule has 34 heavy (non-hydrogen) atoms. The number of thioether (sulfide) groups is 1. The Morgan fingerprint density at radius 1 is 1.12 bits per heavy atom. The van der Waals surface area contributed by atoms with Crippen molar-refractivity contribution in [2.75, 3.05) is 24.5 Å². The number of fused-ring (bicyclic) bond motifs is 1. The van der Waals surface area contributed by atoms with Crippen molar-refractivity contribution in [3.63, 3.8) is 0 Å². The number of nitrogens with zero attached hydrogens (tertiary/aromatic N) is 4. The fourth-order valence-electron chi connectivity index (χ4n) is 4.55. The van der Waals surface area contributed by atoms with Gasteiger partial charge in [0.2, 0.25) is 0 Å². The number of carbonyl (C=O) groups is 1. The molecule has 2 aliphatic heterocycles. The molecule has 2 aliphatic rings. The van der Waals surface area contributed by atoms with Crippen molar-refractivity contribution < 1.29 is 4.79 Å². The quantitative estimate of drug-likeness (QED) is 0.259. The second-order valence-electron chi connectivity index (χ2n) is 9.35. The maximum Gasteiger partial charge on any atom is 0.267 e. The van der Waals surface area contributed by atoms with Gasteiger partial charge >= 0.3 is 0 Å². The number of unbranched alkanes of at least 4 members (excludes halogenated alkanes) is 5. The summed E-state index contributed by atoms with van der Waals surface area (Å²) < 4.78 is 2.13. The molecule has 182 valence electrons. The first kappa shape index (κ1) is 24.9. The first-order valence-corrected chi connectivity index (χ1v) is 13.7. The van der Waals surface area contributed by atoms with Crippen LogP contribution in [-0.2, 0) is 4.79 Å². The van der Waals surface area contributed by atoms with Crippen molar-refractivity contribution in [1.82, 2.24) is 14.3 Å². The van der Waals surface area contributed by atoms with E-state index in [-0.39, 0.29) is 11.5 Å². The highest BCUT2D eigenvalue weighted by Gasteiger charge is 2.32. The van der Waals surface area contributed by atoms with Crippen LogP contribution in [0.1, 0.15) is 70.8 Å². The van der Waals surface area contributed by atoms with Crippen LogP contribution in [0.15, 0.2) is 34.1 Å². The van der Waals surface area contributed by atoms with Gasteiger partial charge in [-0.3, -0.25) is 18.9 Å². The summed E-state index contributed by atoms with van der Waals surface area (Å²) in [5.41, 5.74) is 0.938. The molecule has 0 bridgehead atoms. The number of amides is 1. The molecule has 0 aromatic carbocycles. The first-order chi connectivity index (χ1) is 16.5. The van der Waals surface area contributed by atoms with E-state index in [0.29, 0.717) is 38.7 Å². The molecule has 1 amide bonds. The van der Waals surface area contributed by atoms with Gasteiger partial charge in [0.05, 0.1) is 10.5 Å². The smallest absolute Gasteiger partial charge is 0.267 e. The highest BCUT2D eigenvalue weighted by atomic mass is 32.2. The summed E-state index contributed by atoms with van der Waals surface area (Å²) in [5.74, 6) is 1.24. The molecule has 2 aromatic heterocycles. The predicted molar refractivity (Wildman–Crippen MR) is 145 cm³/mol. The molecular formula is C26H34N4O2S2. The topological polar surface area (TPSA) is 57.9 Å². The van der Waals surface area contributed by atoms with Gasteiger partial charge in [-0.2, -0.15) is 0 Å². The van der Waals surface area contributed by atoms with Crippen LogP contribution in [0.25, 0.3) is 11.7 Å². The van der Waals surface area contributed by atoms with Crippen LogP contribution in [0.3, 0.4) is 0 Å². The number of hydrogen-bond acceptors (Lipinski definition) is 6. The maximum absolute atomic E-state index is 13.5. The molecule has 4 rings (SSSR count). The number of anilines is 1. The molecular weight excluding hydrogens is 464 g/mol. The number of hydrogen-bond donors (Lipinski definition) is 0. The van der Waals surface area contributed by atoms with Gasteiger partial charge in [0, 0.05) is 25.8 Å². The predicted octanol–water partition coefficient (Wildman–Crippen LogP) is 5.49. The molecule has 6 nitrogen and oxygen atoms in total. The summed E-state index contributed by atoms with van der Waals surface area (Å²) in [6.07, 6.45) is 12.5. The van der Waals surface area contributed by atoms with Crippen molar-refractivity contribution >= 4 is 51.7 Å². The molecule has 0 aliphatic carbocycles. The summed E-state index contributed by atoms with van der Waals surface area (Å²) in [7, 11) is 0. The van der Waals surface area contributed by atoms with Gasteiger partial charge < -0.3 is 4.90 Å². The second-order valence-corrected chi connectivity index (χ2v) is 11.0. The number of pyridine rings is 1. The van der Waals surface area contributed by atoms with Crippen molar-refractivity contribution in [2.45, 2.75) is 65.2 Å². The third-order valence-electron chi connectivity index (χ3n) is 6.72. The Kier molecular flexibility index (Phi) is 8.42. The van der Waals surface area contributed by atoms with Gasteiger partial charge in [0.1, 0.15) is 15.8 Å². The lowest BCUT2D eigenvalue weighted by Gasteiger charge is -2.32. The van der Waals surface area contributed by atoms with Crippen molar-refractivity contribution in [2.24, 2.45) is 5.92 Å². The molecule has 0 N–H and O–H groups in total. The van der Waals surface area contributed by atoms with Crippen molar-refractivity contribution in [3.05, 3.63) is 45.2 Å². The van der Waals surface area contributed by atoms with Gasteiger partial charge in [0.25, 0.3) is 11.5 Å². The summed E-state index contributed by atoms with van der Waals surface area (Å²) in [6.45, 7) is 6.82. The second kappa shape index (κ2) is 11.5.